The zero-order chi connectivity index (χ0) is 9.99. The summed E-state index contributed by atoms with van der Waals surface area (Å²) in [6.45, 7) is 1.31. The Bertz CT molecular complexity index is 267. The van der Waals surface area contributed by atoms with Crippen molar-refractivity contribution < 1.29 is 18.3 Å². The zero-order valence-electron chi connectivity index (χ0n) is 7.07. The molecule has 0 aromatic rings. The van der Waals surface area contributed by atoms with E-state index in [-0.39, 0.29) is 12.8 Å². The number of rotatable bonds is 4. The van der Waals surface area contributed by atoms with E-state index in [0.29, 0.717) is 0 Å². The summed E-state index contributed by atoms with van der Waals surface area (Å²) in [5, 5.41) is 8.29. The minimum absolute atomic E-state index is 0.0683. The summed E-state index contributed by atoms with van der Waals surface area (Å²) >= 11 is 0. The van der Waals surface area contributed by atoms with Crippen LogP contribution in [0, 0.1) is 0 Å². The Hall–Kier alpha value is -0.620. The van der Waals surface area contributed by atoms with Gasteiger partial charge in [0, 0.05) is 12.7 Å². The topological polar surface area (TPSA) is 97.5 Å². The lowest BCUT2D eigenvalue weighted by Gasteiger charge is -2.20. The molecule has 0 spiro atoms. The number of hydrogen-bond acceptors (Lipinski definition) is 4. The van der Waals surface area contributed by atoms with E-state index in [2.05, 4.69) is 0 Å². The van der Waals surface area contributed by atoms with E-state index in [0.717, 1.165) is 6.26 Å². The molecule has 0 saturated carbocycles. The second-order valence-electron chi connectivity index (χ2n) is 2.98. The van der Waals surface area contributed by atoms with Gasteiger partial charge in [0.2, 0.25) is 0 Å². The fourth-order valence-corrected chi connectivity index (χ4v) is 1.01. The first-order valence-electron chi connectivity index (χ1n) is 3.37. The number of carboxylic acids is 1. The lowest BCUT2D eigenvalue weighted by Crippen LogP contribution is -2.44. The lowest BCUT2D eigenvalue weighted by molar-refractivity contribution is -0.137. The van der Waals surface area contributed by atoms with Crippen LogP contribution in [-0.2, 0) is 14.6 Å². The van der Waals surface area contributed by atoms with Crippen LogP contribution >= 0.6 is 0 Å². The standard InChI is InChI=1S/C6H13NO4S/c1-6(7,12(2,10)11)4-3-5(8)9/h3-4,7H2,1-2H3,(H,8,9). The molecule has 0 aliphatic heterocycles. The van der Waals surface area contributed by atoms with E-state index in [4.69, 9.17) is 10.8 Å². The van der Waals surface area contributed by atoms with Crippen molar-refractivity contribution in [3.63, 3.8) is 0 Å². The molecule has 0 aliphatic rings. The van der Waals surface area contributed by atoms with Crippen molar-refractivity contribution in [3.05, 3.63) is 0 Å². The SMILES string of the molecule is CC(N)(CCC(=O)O)S(C)(=O)=O. The number of carboxylic acid groups (broad SMARTS) is 1. The van der Waals surface area contributed by atoms with E-state index >= 15 is 0 Å². The van der Waals surface area contributed by atoms with Crippen LogP contribution in [-0.4, -0.2) is 30.6 Å². The number of hydrogen-bond donors (Lipinski definition) is 2. The van der Waals surface area contributed by atoms with Crippen LogP contribution < -0.4 is 5.73 Å². The van der Waals surface area contributed by atoms with Gasteiger partial charge in [0.1, 0.15) is 4.87 Å². The number of nitrogens with two attached hydrogens (primary N) is 1. The van der Waals surface area contributed by atoms with Gasteiger partial charge in [0.15, 0.2) is 9.84 Å². The minimum atomic E-state index is -3.38. The van der Waals surface area contributed by atoms with Gasteiger partial charge in [-0.1, -0.05) is 0 Å². The van der Waals surface area contributed by atoms with Crippen molar-refractivity contribution in [1.82, 2.24) is 0 Å². The van der Waals surface area contributed by atoms with Gasteiger partial charge in [-0.15, -0.1) is 0 Å². The summed E-state index contributed by atoms with van der Waals surface area (Å²) in [6, 6.07) is 0. The third-order valence-electron chi connectivity index (χ3n) is 1.68. The van der Waals surface area contributed by atoms with Crippen molar-refractivity contribution >= 4 is 15.8 Å². The Morgan fingerprint density at radius 2 is 2.00 bits per heavy atom. The molecule has 0 aliphatic carbocycles. The van der Waals surface area contributed by atoms with Crippen molar-refractivity contribution in [2.24, 2.45) is 5.73 Å². The van der Waals surface area contributed by atoms with Crippen molar-refractivity contribution in [1.29, 1.82) is 0 Å². The number of aliphatic carboxylic acids is 1. The Balaban J connectivity index is 4.35. The third-order valence-corrected chi connectivity index (χ3v) is 3.58. The minimum Gasteiger partial charge on any atom is -0.481 e. The van der Waals surface area contributed by atoms with Gasteiger partial charge in [-0.25, -0.2) is 8.42 Å². The molecule has 6 heteroatoms. The van der Waals surface area contributed by atoms with Crippen molar-refractivity contribution in [2.75, 3.05) is 6.26 Å². The highest BCUT2D eigenvalue weighted by Gasteiger charge is 2.30. The van der Waals surface area contributed by atoms with Gasteiger partial charge in [-0.2, -0.15) is 0 Å². The van der Waals surface area contributed by atoms with Gasteiger partial charge in [-0.3, -0.25) is 4.79 Å². The van der Waals surface area contributed by atoms with Gasteiger partial charge >= 0.3 is 5.97 Å². The molecule has 0 aromatic carbocycles. The maximum atomic E-state index is 10.9. The number of carbonyl (C=O) groups is 1. The monoisotopic (exact) mass is 195 g/mol. The summed E-state index contributed by atoms with van der Waals surface area (Å²) in [5.74, 6) is -1.05. The molecule has 1 unspecified atom stereocenters. The Morgan fingerprint density at radius 1 is 1.58 bits per heavy atom. The highest BCUT2D eigenvalue weighted by Crippen LogP contribution is 2.15. The lowest BCUT2D eigenvalue weighted by atomic mass is 10.2. The van der Waals surface area contributed by atoms with Crippen LogP contribution in [0.1, 0.15) is 19.8 Å². The summed E-state index contributed by atoms with van der Waals surface area (Å²) in [4.78, 5) is 8.68. The first-order valence-corrected chi connectivity index (χ1v) is 5.26. The molecule has 0 aromatic heterocycles. The van der Waals surface area contributed by atoms with Gasteiger partial charge in [0.05, 0.1) is 0 Å². The smallest absolute Gasteiger partial charge is 0.303 e. The molecular weight excluding hydrogens is 182 g/mol. The molecule has 1 atom stereocenters. The molecule has 0 amide bonds. The first-order chi connectivity index (χ1) is 5.17. The van der Waals surface area contributed by atoms with Gasteiger partial charge in [-0.05, 0) is 13.3 Å². The molecular formula is C6H13NO4S. The second kappa shape index (κ2) is 3.40. The van der Waals surface area contributed by atoms with Crippen LogP contribution in [0.2, 0.25) is 0 Å². The van der Waals surface area contributed by atoms with Crippen LogP contribution in [0.5, 0.6) is 0 Å². The quantitative estimate of drug-likeness (QED) is 0.634. The average Bonchev–Trinajstić information content (AvgIpc) is 1.81. The summed E-state index contributed by atoms with van der Waals surface area (Å²) in [5.41, 5.74) is 5.39. The van der Waals surface area contributed by atoms with E-state index in [9.17, 15) is 13.2 Å². The molecule has 0 rings (SSSR count). The Kier molecular flexibility index (Phi) is 3.23. The molecule has 0 radical (unpaired) electrons. The third kappa shape index (κ3) is 3.19. The molecule has 0 bridgehead atoms. The largest absolute Gasteiger partial charge is 0.481 e. The molecule has 0 saturated heterocycles. The zero-order valence-corrected chi connectivity index (χ0v) is 7.89. The van der Waals surface area contributed by atoms with Crippen LogP contribution in [0.15, 0.2) is 0 Å². The highest BCUT2D eigenvalue weighted by molar-refractivity contribution is 7.92. The molecule has 5 nitrogen and oxygen atoms in total. The number of sulfone groups is 1. The highest BCUT2D eigenvalue weighted by atomic mass is 32.2. The van der Waals surface area contributed by atoms with E-state index in [1.165, 1.54) is 6.92 Å². The molecule has 0 heterocycles. The van der Waals surface area contributed by atoms with Crippen molar-refractivity contribution in [3.8, 4) is 0 Å². The molecule has 3 N–H and O–H groups in total. The Morgan fingerprint density at radius 3 is 2.25 bits per heavy atom. The fourth-order valence-electron chi connectivity index (χ4n) is 0.541. The van der Waals surface area contributed by atoms with Crippen LogP contribution in [0.4, 0.5) is 0 Å². The second-order valence-corrected chi connectivity index (χ2v) is 5.46. The normalized spacial score (nSPS) is 16.9. The van der Waals surface area contributed by atoms with Crippen LogP contribution in [0.3, 0.4) is 0 Å². The van der Waals surface area contributed by atoms with E-state index in [1.54, 1.807) is 0 Å². The van der Waals surface area contributed by atoms with Gasteiger partial charge in [0.25, 0.3) is 0 Å². The fraction of sp³-hybridized carbons (Fsp3) is 0.833. The predicted molar refractivity (Wildman–Crippen MR) is 44.3 cm³/mol. The maximum absolute atomic E-state index is 10.9. The summed E-state index contributed by atoms with van der Waals surface area (Å²) in [6.07, 6.45) is 0.691. The molecule has 12 heavy (non-hydrogen) atoms. The van der Waals surface area contributed by atoms with Gasteiger partial charge < -0.3 is 10.8 Å². The van der Waals surface area contributed by atoms with Crippen molar-refractivity contribution in [2.45, 2.75) is 24.6 Å². The van der Waals surface area contributed by atoms with Crippen LogP contribution in [0.25, 0.3) is 0 Å². The molecule has 72 valence electrons. The maximum Gasteiger partial charge on any atom is 0.303 e. The Labute approximate surface area is 71.5 Å². The first kappa shape index (κ1) is 11.4. The van der Waals surface area contributed by atoms with E-state index in [1.807, 2.05) is 0 Å². The predicted octanol–water partition coefficient (Wildman–Crippen LogP) is -0.429. The molecule has 0 fully saturated rings. The summed E-state index contributed by atoms with van der Waals surface area (Å²) in [7, 11) is -3.38. The summed E-state index contributed by atoms with van der Waals surface area (Å²) < 4.78 is 21.9. The van der Waals surface area contributed by atoms with E-state index < -0.39 is 20.7 Å². The average molecular weight is 195 g/mol.